The molecule has 6 nitrogen and oxygen atoms in total. The summed E-state index contributed by atoms with van der Waals surface area (Å²) < 4.78 is 9.95. The van der Waals surface area contributed by atoms with E-state index in [9.17, 15) is 0 Å². The van der Waals surface area contributed by atoms with E-state index in [0.717, 1.165) is 65.4 Å². The SMILES string of the molecule is C1COCC[N-]1.C1COCC[N-]1.[NH-]C1CCCCC1[NH-].[Pt+2]. The van der Waals surface area contributed by atoms with Crippen molar-refractivity contribution in [2.75, 3.05) is 52.6 Å². The molecule has 0 spiro atoms. The van der Waals surface area contributed by atoms with Crippen molar-refractivity contribution in [2.45, 2.75) is 37.8 Å². The molecule has 0 radical (unpaired) electrons. The van der Waals surface area contributed by atoms with Crippen molar-refractivity contribution in [1.82, 2.24) is 0 Å². The second-order valence-corrected chi connectivity index (χ2v) is 5.06. The first-order chi connectivity index (χ1) is 9.80. The van der Waals surface area contributed by atoms with E-state index in [4.69, 9.17) is 20.9 Å². The summed E-state index contributed by atoms with van der Waals surface area (Å²) in [6, 6.07) is -0.160. The van der Waals surface area contributed by atoms with Crippen molar-refractivity contribution >= 4 is 0 Å². The smallest absolute Gasteiger partial charge is 0.676 e. The van der Waals surface area contributed by atoms with Crippen LogP contribution in [0.25, 0.3) is 22.1 Å². The molecular formula is C14H28N4O2Pt-2. The van der Waals surface area contributed by atoms with Crippen LogP contribution in [-0.4, -0.2) is 64.7 Å². The summed E-state index contributed by atoms with van der Waals surface area (Å²) in [7, 11) is 0. The maximum absolute atomic E-state index is 7.29. The number of hydrogen-bond donors (Lipinski definition) is 0. The molecule has 7 heteroatoms. The maximum atomic E-state index is 7.29. The van der Waals surface area contributed by atoms with Crippen molar-refractivity contribution < 1.29 is 30.5 Å². The molecule has 2 heterocycles. The van der Waals surface area contributed by atoms with Gasteiger partial charge in [-0.05, 0) is 0 Å². The number of ether oxygens (including phenoxy) is 2. The first-order valence-electron chi connectivity index (χ1n) is 7.65. The molecule has 2 atom stereocenters. The fraction of sp³-hybridized carbons (Fsp3) is 1.00. The topological polar surface area (TPSA) is 94.3 Å². The second-order valence-electron chi connectivity index (χ2n) is 5.06. The standard InChI is InChI=1S/C6H12N2.2C4H8NO.Pt/c7-5-3-1-2-4-6(5)8;2*1-3-6-4-2-5-1;/h5-8H,1-4H2;2*1-4H2;/q-2;2*-1;+2. The van der Waals surface area contributed by atoms with Crippen molar-refractivity contribution in [3.8, 4) is 0 Å². The van der Waals surface area contributed by atoms with Crippen LogP contribution in [0.15, 0.2) is 0 Å². The average molecular weight is 479 g/mol. The number of nitrogens with one attached hydrogen (secondary N) is 2. The van der Waals surface area contributed by atoms with E-state index in [-0.39, 0.29) is 33.1 Å². The van der Waals surface area contributed by atoms with Crippen LogP contribution < -0.4 is 0 Å². The molecule has 128 valence electrons. The van der Waals surface area contributed by atoms with Gasteiger partial charge in [-0.15, -0.1) is 26.2 Å². The van der Waals surface area contributed by atoms with Crippen molar-refractivity contribution in [1.29, 1.82) is 0 Å². The van der Waals surface area contributed by atoms with Gasteiger partial charge in [0.2, 0.25) is 0 Å². The summed E-state index contributed by atoms with van der Waals surface area (Å²) >= 11 is 0. The van der Waals surface area contributed by atoms with E-state index in [1.807, 2.05) is 0 Å². The Kier molecular flexibility index (Phi) is 15.7. The molecule has 21 heavy (non-hydrogen) atoms. The van der Waals surface area contributed by atoms with Gasteiger partial charge >= 0.3 is 21.1 Å². The van der Waals surface area contributed by atoms with Gasteiger partial charge in [-0.1, -0.05) is 25.7 Å². The first-order valence-corrected chi connectivity index (χ1v) is 7.65. The molecule has 3 fully saturated rings. The van der Waals surface area contributed by atoms with Crippen LogP contribution in [0.2, 0.25) is 0 Å². The van der Waals surface area contributed by atoms with Crippen molar-refractivity contribution in [3.63, 3.8) is 0 Å². The van der Waals surface area contributed by atoms with Crippen LogP contribution in [0, 0.1) is 0 Å². The number of nitrogens with zero attached hydrogens (tertiary/aromatic N) is 2. The Hall–Kier alpha value is 0.448. The third-order valence-corrected chi connectivity index (χ3v) is 3.34. The van der Waals surface area contributed by atoms with Crippen LogP contribution in [0.1, 0.15) is 25.7 Å². The minimum atomic E-state index is -0.0799. The molecule has 3 aliphatic rings. The van der Waals surface area contributed by atoms with Crippen LogP contribution in [-0.2, 0) is 30.5 Å². The molecule has 0 amide bonds. The molecule has 2 unspecified atom stereocenters. The van der Waals surface area contributed by atoms with Gasteiger partial charge in [0.15, 0.2) is 0 Å². The predicted octanol–water partition coefficient (Wildman–Crippen LogP) is 3.18. The van der Waals surface area contributed by atoms with E-state index in [1.54, 1.807) is 0 Å². The minimum absolute atomic E-state index is 0. The van der Waals surface area contributed by atoms with Crippen LogP contribution in [0.5, 0.6) is 0 Å². The zero-order chi connectivity index (χ0) is 14.5. The van der Waals surface area contributed by atoms with Crippen LogP contribution in [0.3, 0.4) is 0 Å². The average Bonchev–Trinajstić information content (AvgIpc) is 2.55. The monoisotopic (exact) mass is 479 g/mol. The molecule has 2 N–H and O–H groups in total. The van der Waals surface area contributed by atoms with Gasteiger partial charge in [-0.3, -0.25) is 0 Å². The fourth-order valence-corrected chi connectivity index (χ4v) is 2.07. The number of hydrogen-bond acceptors (Lipinski definition) is 2. The summed E-state index contributed by atoms with van der Waals surface area (Å²) in [5.41, 5.74) is 14.6. The number of rotatable bonds is 0. The molecule has 2 aliphatic heterocycles. The Morgan fingerprint density at radius 1 is 0.667 bits per heavy atom. The van der Waals surface area contributed by atoms with Gasteiger partial charge in [0, 0.05) is 26.4 Å². The summed E-state index contributed by atoms with van der Waals surface area (Å²) in [4.78, 5) is 0. The zero-order valence-electron chi connectivity index (χ0n) is 12.7. The molecule has 1 saturated carbocycles. The van der Waals surface area contributed by atoms with Gasteiger partial charge in [0.25, 0.3) is 0 Å². The van der Waals surface area contributed by atoms with E-state index < -0.39 is 0 Å². The molecule has 1 aliphatic carbocycles. The molecule has 2 saturated heterocycles. The van der Waals surface area contributed by atoms with E-state index in [0.29, 0.717) is 0 Å². The largest absolute Gasteiger partial charge is 2.00 e. The number of morpholine rings is 2. The third-order valence-electron chi connectivity index (χ3n) is 3.34. The molecular weight excluding hydrogens is 451 g/mol. The summed E-state index contributed by atoms with van der Waals surface area (Å²) in [6.45, 7) is 6.94. The van der Waals surface area contributed by atoms with Crippen molar-refractivity contribution in [2.24, 2.45) is 0 Å². The van der Waals surface area contributed by atoms with Gasteiger partial charge < -0.3 is 31.6 Å². The second kappa shape index (κ2) is 15.3. The van der Waals surface area contributed by atoms with E-state index in [1.165, 1.54) is 12.8 Å². The van der Waals surface area contributed by atoms with E-state index in [2.05, 4.69) is 10.6 Å². The zero-order valence-corrected chi connectivity index (χ0v) is 14.9. The van der Waals surface area contributed by atoms with Crippen molar-refractivity contribution in [3.05, 3.63) is 22.1 Å². The van der Waals surface area contributed by atoms with Crippen LogP contribution in [0.4, 0.5) is 0 Å². The Balaban J connectivity index is 0.000000283. The van der Waals surface area contributed by atoms with Crippen LogP contribution >= 0.6 is 0 Å². The fourth-order valence-electron chi connectivity index (χ4n) is 2.07. The summed E-state index contributed by atoms with van der Waals surface area (Å²) in [5, 5.41) is 8.10. The Morgan fingerprint density at radius 3 is 1.14 bits per heavy atom. The molecule has 3 rings (SSSR count). The van der Waals surface area contributed by atoms with Gasteiger partial charge in [-0.25, -0.2) is 0 Å². The molecule has 0 bridgehead atoms. The summed E-state index contributed by atoms with van der Waals surface area (Å²) in [6.07, 6.45) is 4.25. The minimum Gasteiger partial charge on any atom is -0.676 e. The normalized spacial score (nSPS) is 28.9. The van der Waals surface area contributed by atoms with Gasteiger partial charge in [-0.2, -0.15) is 12.1 Å². The summed E-state index contributed by atoms with van der Waals surface area (Å²) in [5.74, 6) is 0. The Morgan fingerprint density at radius 2 is 1.00 bits per heavy atom. The molecule has 0 aromatic heterocycles. The first kappa shape index (κ1) is 21.4. The maximum Gasteiger partial charge on any atom is 2.00 e. The Labute approximate surface area is 143 Å². The third kappa shape index (κ3) is 12.7. The van der Waals surface area contributed by atoms with Gasteiger partial charge in [0.05, 0.1) is 0 Å². The van der Waals surface area contributed by atoms with E-state index >= 15 is 0 Å². The molecule has 0 aromatic carbocycles. The Bertz CT molecular complexity index is 172. The van der Waals surface area contributed by atoms with Gasteiger partial charge in [0.1, 0.15) is 0 Å². The predicted molar refractivity (Wildman–Crippen MR) is 82.5 cm³/mol. The molecule has 0 aromatic rings. The quantitative estimate of drug-likeness (QED) is 0.534.